The number of cyclic esters (lactones) is 1. The number of ether oxygens (including phenoxy) is 1. The molecule has 0 bridgehead atoms. The Morgan fingerprint density at radius 3 is 2.44 bits per heavy atom. The minimum Gasteiger partial charge on any atom is -0.434 e. The van der Waals surface area contributed by atoms with Crippen LogP contribution in [0.4, 0.5) is 5.69 Å². The summed E-state index contributed by atoms with van der Waals surface area (Å²) in [5, 5.41) is 3.10. The van der Waals surface area contributed by atoms with E-state index >= 15 is 0 Å². The normalized spacial score (nSPS) is 15.8. The molecule has 0 saturated carbocycles. The Labute approximate surface area is 144 Å². The lowest BCUT2D eigenvalue weighted by atomic mass is 10.1. The Bertz CT molecular complexity index is 1020. The standard InChI is InChI=1S/C19H17N3O3/c1-12-16(18(23)22(21(12)2)13-8-4-3-5-9-13)20-17-14-10-6-7-11-15(14)19(24)25-17/h3-11,17,20H,1-2H3/t17-/m0/s1. The maximum Gasteiger partial charge on any atom is 0.340 e. The third-order valence-corrected chi connectivity index (χ3v) is 4.52. The molecule has 0 radical (unpaired) electrons. The molecule has 0 fully saturated rings. The molecule has 0 spiro atoms. The number of fused-ring (bicyclic) bond motifs is 1. The molecule has 126 valence electrons. The van der Waals surface area contributed by atoms with Crippen molar-refractivity contribution in [1.82, 2.24) is 9.36 Å². The molecule has 0 amide bonds. The van der Waals surface area contributed by atoms with Gasteiger partial charge in [-0.3, -0.25) is 9.48 Å². The summed E-state index contributed by atoms with van der Waals surface area (Å²) in [4.78, 5) is 24.9. The molecule has 2 heterocycles. The maximum atomic E-state index is 12.9. The highest BCUT2D eigenvalue weighted by molar-refractivity contribution is 5.94. The van der Waals surface area contributed by atoms with Gasteiger partial charge in [-0.25, -0.2) is 9.48 Å². The second kappa shape index (κ2) is 5.66. The van der Waals surface area contributed by atoms with Crippen molar-refractivity contribution < 1.29 is 9.53 Å². The molecule has 0 unspecified atom stereocenters. The fourth-order valence-electron chi connectivity index (χ4n) is 3.12. The van der Waals surface area contributed by atoms with Gasteiger partial charge in [0.05, 0.1) is 16.9 Å². The molecular weight excluding hydrogens is 318 g/mol. The molecule has 1 aliphatic heterocycles. The first-order valence-corrected chi connectivity index (χ1v) is 7.98. The fourth-order valence-corrected chi connectivity index (χ4v) is 3.12. The van der Waals surface area contributed by atoms with E-state index in [1.54, 1.807) is 21.5 Å². The summed E-state index contributed by atoms with van der Waals surface area (Å²) >= 11 is 0. The van der Waals surface area contributed by atoms with E-state index in [1.165, 1.54) is 0 Å². The van der Waals surface area contributed by atoms with Gasteiger partial charge >= 0.3 is 5.97 Å². The Balaban J connectivity index is 1.76. The lowest BCUT2D eigenvalue weighted by molar-refractivity contribution is 0.0437. The van der Waals surface area contributed by atoms with E-state index in [-0.39, 0.29) is 11.5 Å². The van der Waals surface area contributed by atoms with Gasteiger partial charge in [-0.05, 0) is 25.1 Å². The summed E-state index contributed by atoms with van der Waals surface area (Å²) in [6.45, 7) is 1.85. The minimum absolute atomic E-state index is 0.188. The Kier molecular flexibility index (Phi) is 3.46. The van der Waals surface area contributed by atoms with Crippen LogP contribution in [0.25, 0.3) is 5.69 Å². The average Bonchev–Trinajstić information content (AvgIpc) is 3.06. The number of esters is 1. The van der Waals surface area contributed by atoms with Gasteiger partial charge in [-0.15, -0.1) is 0 Å². The zero-order chi connectivity index (χ0) is 17.6. The van der Waals surface area contributed by atoms with Crippen LogP contribution in [0, 0.1) is 6.92 Å². The highest BCUT2D eigenvalue weighted by Gasteiger charge is 2.32. The van der Waals surface area contributed by atoms with Crippen LogP contribution in [0.1, 0.15) is 27.8 Å². The third kappa shape index (κ3) is 2.34. The number of hydrogen-bond donors (Lipinski definition) is 1. The molecule has 4 rings (SSSR count). The van der Waals surface area contributed by atoms with Crippen LogP contribution in [0.2, 0.25) is 0 Å². The van der Waals surface area contributed by atoms with E-state index in [1.807, 2.05) is 56.4 Å². The van der Waals surface area contributed by atoms with Crippen LogP contribution in [-0.4, -0.2) is 15.3 Å². The second-order valence-electron chi connectivity index (χ2n) is 5.95. The van der Waals surface area contributed by atoms with Gasteiger partial charge in [0.2, 0.25) is 6.23 Å². The van der Waals surface area contributed by atoms with E-state index in [9.17, 15) is 9.59 Å². The van der Waals surface area contributed by atoms with Crippen molar-refractivity contribution in [3.8, 4) is 5.69 Å². The van der Waals surface area contributed by atoms with E-state index in [0.29, 0.717) is 11.3 Å². The van der Waals surface area contributed by atoms with Crippen LogP contribution in [-0.2, 0) is 11.8 Å². The lowest BCUT2D eigenvalue weighted by Gasteiger charge is -2.13. The third-order valence-electron chi connectivity index (χ3n) is 4.52. The van der Waals surface area contributed by atoms with Crippen molar-refractivity contribution in [1.29, 1.82) is 0 Å². The van der Waals surface area contributed by atoms with Gasteiger partial charge in [0.15, 0.2) is 0 Å². The van der Waals surface area contributed by atoms with E-state index in [4.69, 9.17) is 4.74 Å². The first kappa shape index (κ1) is 15.3. The highest BCUT2D eigenvalue weighted by atomic mass is 16.6. The summed E-state index contributed by atoms with van der Waals surface area (Å²) in [7, 11) is 1.82. The van der Waals surface area contributed by atoms with Crippen LogP contribution in [0.5, 0.6) is 0 Å². The smallest absolute Gasteiger partial charge is 0.340 e. The number of nitrogens with zero attached hydrogens (tertiary/aromatic N) is 2. The summed E-state index contributed by atoms with van der Waals surface area (Å²) in [5.74, 6) is -0.384. The molecule has 2 aromatic carbocycles. The zero-order valence-corrected chi connectivity index (χ0v) is 13.9. The number of aromatic nitrogens is 2. The number of nitrogens with one attached hydrogen (secondary N) is 1. The maximum absolute atomic E-state index is 12.9. The van der Waals surface area contributed by atoms with Crippen molar-refractivity contribution >= 4 is 11.7 Å². The molecule has 3 aromatic rings. The topological polar surface area (TPSA) is 65.3 Å². The average molecular weight is 335 g/mol. The number of hydrogen-bond acceptors (Lipinski definition) is 4. The molecule has 1 aliphatic rings. The van der Waals surface area contributed by atoms with Gasteiger partial charge in [-0.1, -0.05) is 36.4 Å². The SMILES string of the molecule is Cc1c(N[C@H]2OC(=O)c3ccccc32)c(=O)n(-c2ccccc2)n1C. The zero-order valence-electron chi connectivity index (χ0n) is 13.9. The predicted molar refractivity (Wildman–Crippen MR) is 94.0 cm³/mol. The molecule has 1 N–H and O–H groups in total. The van der Waals surface area contributed by atoms with Gasteiger partial charge in [0, 0.05) is 12.6 Å². The number of carbonyl (C=O) groups is 1. The van der Waals surface area contributed by atoms with Crippen LogP contribution in [0.3, 0.4) is 0 Å². The van der Waals surface area contributed by atoms with Crippen molar-refractivity contribution in [2.75, 3.05) is 5.32 Å². The van der Waals surface area contributed by atoms with Gasteiger partial charge in [-0.2, -0.15) is 0 Å². The molecule has 6 heteroatoms. The predicted octanol–water partition coefficient (Wildman–Crippen LogP) is 2.77. The number of carbonyl (C=O) groups excluding carboxylic acids is 1. The fraction of sp³-hybridized carbons (Fsp3) is 0.158. The molecule has 6 nitrogen and oxygen atoms in total. The number of benzene rings is 2. The van der Waals surface area contributed by atoms with E-state index in [0.717, 1.165) is 16.9 Å². The van der Waals surface area contributed by atoms with Crippen LogP contribution in [0.15, 0.2) is 59.4 Å². The number of para-hydroxylation sites is 1. The van der Waals surface area contributed by atoms with Gasteiger partial charge in [0.1, 0.15) is 5.69 Å². The molecule has 25 heavy (non-hydrogen) atoms. The van der Waals surface area contributed by atoms with Crippen molar-refractivity contribution in [2.45, 2.75) is 13.2 Å². The molecule has 1 aromatic heterocycles. The molecule has 0 aliphatic carbocycles. The van der Waals surface area contributed by atoms with Crippen molar-refractivity contribution in [2.24, 2.45) is 7.05 Å². The van der Waals surface area contributed by atoms with Crippen LogP contribution < -0.4 is 10.9 Å². The Morgan fingerprint density at radius 2 is 1.68 bits per heavy atom. The first-order valence-electron chi connectivity index (χ1n) is 7.98. The van der Waals surface area contributed by atoms with Crippen molar-refractivity contribution in [3.63, 3.8) is 0 Å². The van der Waals surface area contributed by atoms with E-state index in [2.05, 4.69) is 5.32 Å². The van der Waals surface area contributed by atoms with Crippen LogP contribution >= 0.6 is 0 Å². The summed E-state index contributed by atoms with van der Waals surface area (Å²) in [5.41, 5.74) is 3.02. The monoisotopic (exact) mass is 335 g/mol. The molecule has 1 atom stereocenters. The quantitative estimate of drug-likeness (QED) is 0.748. The lowest BCUT2D eigenvalue weighted by Crippen LogP contribution is -2.22. The van der Waals surface area contributed by atoms with E-state index < -0.39 is 6.23 Å². The van der Waals surface area contributed by atoms with Crippen molar-refractivity contribution in [3.05, 3.63) is 81.8 Å². The van der Waals surface area contributed by atoms with Gasteiger partial charge in [0.25, 0.3) is 5.56 Å². The molecular formula is C19H17N3O3. The summed E-state index contributed by atoms with van der Waals surface area (Å²) in [6, 6.07) is 16.6. The number of rotatable bonds is 3. The summed E-state index contributed by atoms with van der Waals surface area (Å²) < 4.78 is 8.76. The Morgan fingerprint density at radius 1 is 1.00 bits per heavy atom. The van der Waals surface area contributed by atoms with Gasteiger partial charge < -0.3 is 10.1 Å². The number of anilines is 1. The Hall–Kier alpha value is -3.28. The first-order chi connectivity index (χ1) is 12.1. The summed E-state index contributed by atoms with van der Waals surface area (Å²) in [6.07, 6.45) is -0.665. The largest absolute Gasteiger partial charge is 0.434 e. The minimum atomic E-state index is -0.665. The second-order valence-corrected chi connectivity index (χ2v) is 5.95. The highest BCUT2D eigenvalue weighted by Crippen LogP contribution is 2.31. The molecule has 0 saturated heterocycles.